The molecule has 0 saturated carbocycles. The lowest BCUT2D eigenvalue weighted by Crippen LogP contribution is -2.60. The number of aliphatic hydroxyl groups excluding tert-OH is 4. The van der Waals surface area contributed by atoms with Crippen molar-refractivity contribution in [2.75, 3.05) is 11.9 Å². The van der Waals surface area contributed by atoms with E-state index in [2.05, 4.69) is 5.32 Å². The van der Waals surface area contributed by atoms with Crippen molar-refractivity contribution in [2.45, 2.75) is 30.7 Å². The third-order valence-electron chi connectivity index (χ3n) is 4.11. The normalized spacial score (nSPS) is 28.8. The number of nitrogens with one attached hydrogen (secondary N) is 1. The first-order valence-electron chi connectivity index (χ1n) is 7.70. The molecule has 1 fully saturated rings. The molecule has 3 rings (SSSR count). The highest BCUT2D eigenvalue weighted by Gasteiger charge is 2.44. The molecule has 0 spiro atoms. The standard InChI is InChI=1S/C16H17NO9/c18-5-8-10(19)13(22)15(24)16(26-8)25-7-3-1-6(2-4-7)17-9-11(20)14(23)12(9)21/h1-4,8,10,13,15-20,22,24H,5H2/t8?,10?,13-,15?,16?/m0/s1. The predicted octanol–water partition coefficient (Wildman–Crippen LogP) is -2.09. The second kappa shape index (κ2) is 7.02. The average molecular weight is 367 g/mol. The van der Waals surface area contributed by atoms with Gasteiger partial charge in [0.05, 0.1) is 6.61 Å². The largest absolute Gasteiger partial charge is 0.502 e. The number of benzene rings is 1. The Bertz CT molecular complexity index is 840. The lowest BCUT2D eigenvalue weighted by molar-refractivity contribution is -0.277. The lowest BCUT2D eigenvalue weighted by atomic mass is 9.99. The molecule has 0 bridgehead atoms. The molecule has 1 saturated heterocycles. The van der Waals surface area contributed by atoms with Gasteiger partial charge in [-0.1, -0.05) is 0 Å². The number of rotatable bonds is 5. The average Bonchev–Trinajstić information content (AvgIpc) is 2.66. The van der Waals surface area contributed by atoms with E-state index in [-0.39, 0.29) is 11.4 Å². The monoisotopic (exact) mass is 367 g/mol. The molecule has 0 amide bonds. The number of aromatic hydroxyl groups is 1. The van der Waals surface area contributed by atoms with Crippen molar-refractivity contribution >= 4 is 11.4 Å². The van der Waals surface area contributed by atoms with Gasteiger partial charge in [-0.25, -0.2) is 0 Å². The fourth-order valence-corrected chi connectivity index (χ4v) is 2.56. The van der Waals surface area contributed by atoms with E-state index < -0.39 is 53.9 Å². The van der Waals surface area contributed by atoms with Crippen LogP contribution < -0.4 is 20.9 Å². The Morgan fingerprint density at radius 2 is 1.65 bits per heavy atom. The van der Waals surface area contributed by atoms with Crippen molar-refractivity contribution in [3.05, 3.63) is 44.7 Å². The van der Waals surface area contributed by atoms with Gasteiger partial charge in [0.1, 0.15) is 35.9 Å². The van der Waals surface area contributed by atoms with Crippen LogP contribution >= 0.6 is 0 Å². The Morgan fingerprint density at radius 3 is 2.23 bits per heavy atom. The minimum Gasteiger partial charge on any atom is -0.502 e. The second-order valence-corrected chi connectivity index (χ2v) is 5.85. The zero-order chi connectivity index (χ0) is 19.0. The number of aliphatic hydroxyl groups is 4. The molecule has 26 heavy (non-hydrogen) atoms. The first-order chi connectivity index (χ1) is 12.3. The Morgan fingerprint density at radius 1 is 1.00 bits per heavy atom. The van der Waals surface area contributed by atoms with Gasteiger partial charge in [-0.05, 0) is 24.3 Å². The van der Waals surface area contributed by atoms with Gasteiger partial charge in [-0.15, -0.1) is 0 Å². The molecule has 0 aromatic heterocycles. The van der Waals surface area contributed by atoms with E-state index >= 15 is 0 Å². The minimum atomic E-state index is -1.55. The number of anilines is 2. The van der Waals surface area contributed by atoms with Gasteiger partial charge >= 0.3 is 0 Å². The van der Waals surface area contributed by atoms with Crippen LogP contribution in [0.25, 0.3) is 0 Å². The van der Waals surface area contributed by atoms with Crippen LogP contribution in [0.15, 0.2) is 33.9 Å². The van der Waals surface area contributed by atoms with Gasteiger partial charge in [0.25, 0.3) is 10.9 Å². The molecule has 2 aromatic carbocycles. The van der Waals surface area contributed by atoms with Crippen LogP contribution in [0.2, 0.25) is 0 Å². The molecule has 0 aliphatic carbocycles. The molecule has 4 unspecified atom stereocenters. The third kappa shape index (κ3) is 3.16. The van der Waals surface area contributed by atoms with Crippen molar-refractivity contribution < 1.29 is 35.0 Å². The van der Waals surface area contributed by atoms with Crippen molar-refractivity contribution in [1.82, 2.24) is 0 Å². The Balaban J connectivity index is 1.67. The summed E-state index contributed by atoms with van der Waals surface area (Å²) in [4.78, 5) is 22.3. The second-order valence-electron chi connectivity index (χ2n) is 5.85. The Labute approximate surface area is 146 Å². The van der Waals surface area contributed by atoms with Crippen LogP contribution in [-0.2, 0) is 4.74 Å². The van der Waals surface area contributed by atoms with Gasteiger partial charge in [-0.3, -0.25) is 9.59 Å². The maximum Gasteiger partial charge on any atom is 0.271 e. The van der Waals surface area contributed by atoms with E-state index in [9.17, 15) is 30.0 Å². The molecule has 6 N–H and O–H groups in total. The Hall–Kier alpha value is -2.50. The van der Waals surface area contributed by atoms with Gasteiger partial charge in [0.15, 0.2) is 5.75 Å². The maximum absolute atomic E-state index is 11.3. The summed E-state index contributed by atoms with van der Waals surface area (Å²) in [6, 6.07) is 5.87. The van der Waals surface area contributed by atoms with Crippen LogP contribution in [0.5, 0.6) is 11.5 Å². The zero-order valence-corrected chi connectivity index (χ0v) is 13.3. The summed E-state index contributed by atoms with van der Waals surface area (Å²) in [6.45, 7) is -0.570. The summed E-state index contributed by atoms with van der Waals surface area (Å²) in [5.41, 5.74) is -1.56. The predicted molar refractivity (Wildman–Crippen MR) is 87.1 cm³/mol. The molecule has 1 aliphatic heterocycles. The SMILES string of the molecule is O=c1c(O)c(Nc2ccc(OC3OC(CO)C(O)[C@H](O)C3O)cc2)c1=O. The van der Waals surface area contributed by atoms with Crippen molar-refractivity contribution in [2.24, 2.45) is 0 Å². The summed E-state index contributed by atoms with van der Waals surface area (Å²) < 4.78 is 10.6. The summed E-state index contributed by atoms with van der Waals surface area (Å²) >= 11 is 0. The molecule has 140 valence electrons. The highest BCUT2D eigenvalue weighted by atomic mass is 16.7. The van der Waals surface area contributed by atoms with E-state index in [1.807, 2.05) is 0 Å². The van der Waals surface area contributed by atoms with E-state index in [1.165, 1.54) is 24.3 Å². The summed E-state index contributed by atoms with van der Waals surface area (Å²) in [5.74, 6) is -0.397. The van der Waals surface area contributed by atoms with E-state index in [0.717, 1.165) is 0 Å². The van der Waals surface area contributed by atoms with Gasteiger partial charge in [0, 0.05) is 5.69 Å². The summed E-state index contributed by atoms with van der Waals surface area (Å²) in [7, 11) is 0. The van der Waals surface area contributed by atoms with E-state index in [0.29, 0.717) is 5.69 Å². The minimum absolute atomic E-state index is 0.197. The van der Waals surface area contributed by atoms with Crippen LogP contribution in [0, 0.1) is 0 Å². The molecule has 10 nitrogen and oxygen atoms in total. The molecule has 5 atom stereocenters. The number of hydrogen-bond acceptors (Lipinski definition) is 10. The van der Waals surface area contributed by atoms with E-state index in [4.69, 9.17) is 14.6 Å². The first-order valence-corrected chi connectivity index (χ1v) is 7.70. The summed E-state index contributed by atoms with van der Waals surface area (Å²) in [6.07, 6.45) is -6.97. The van der Waals surface area contributed by atoms with Gasteiger partial charge in [-0.2, -0.15) is 0 Å². The van der Waals surface area contributed by atoms with Crippen molar-refractivity contribution in [3.8, 4) is 11.5 Å². The van der Waals surface area contributed by atoms with Gasteiger partial charge in [0.2, 0.25) is 6.29 Å². The fourth-order valence-electron chi connectivity index (χ4n) is 2.56. The smallest absolute Gasteiger partial charge is 0.271 e. The van der Waals surface area contributed by atoms with Crippen molar-refractivity contribution in [1.29, 1.82) is 0 Å². The van der Waals surface area contributed by atoms with Crippen LogP contribution in [0.4, 0.5) is 11.4 Å². The lowest BCUT2D eigenvalue weighted by Gasteiger charge is -2.39. The number of ether oxygens (including phenoxy) is 2. The van der Waals surface area contributed by atoms with Crippen molar-refractivity contribution in [3.63, 3.8) is 0 Å². The van der Waals surface area contributed by atoms with E-state index in [1.54, 1.807) is 0 Å². The molecular weight excluding hydrogens is 350 g/mol. The molecule has 1 aliphatic rings. The fraction of sp³-hybridized carbons (Fsp3) is 0.375. The highest BCUT2D eigenvalue weighted by molar-refractivity contribution is 5.69. The first kappa shape index (κ1) is 18.3. The molecule has 0 radical (unpaired) electrons. The maximum atomic E-state index is 11.3. The quantitative estimate of drug-likeness (QED) is 0.323. The molecule has 2 aromatic rings. The Kier molecular flexibility index (Phi) is 4.94. The van der Waals surface area contributed by atoms with Gasteiger partial charge < -0.3 is 40.3 Å². The summed E-state index contributed by atoms with van der Waals surface area (Å²) in [5, 5.41) is 50.4. The number of hydrogen-bond donors (Lipinski definition) is 6. The van der Waals surface area contributed by atoms with Crippen LogP contribution in [0.3, 0.4) is 0 Å². The highest BCUT2D eigenvalue weighted by Crippen LogP contribution is 2.26. The van der Waals surface area contributed by atoms with Crippen LogP contribution in [0.1, 0.15) is 0 Å². The molecular formula is C16H17NO9. The molecule has 10 heteroatoms. The van der Waals surface area contributed by atoms with Crippen LogP contribution in [-0.4, -0.2) is 62.8 Å². The topological polar surface area (TPSA) is 166 Å². The molecule has 1 heterocycles. The zero-order valence-electron chi connectivity index (χ0n) is 13.3. The third-order valence-corrected chi connectivity index (χ3v) is 4.11.